The van der Waals surface area contributed by atoms with E-state index in [4.69, 9.17) is 9.88 Å². The number of anilines is 1. The summed E-state index contributed by atoms with van der Waals surface area (Å²) in [6.45, 7) is 5.99. The Labute approximate surface area is 148 Å². The van der Waals surface area contributed by atoms with Gasteiger partial charge in [0.1, 0.15) is 6.61 Å². The van der Waals surface area contributed by atoms with Gasteiger partial charge in [-0.2, -0.15) is 0 Å². The van der Waals surface area contributed by atoms with E-state index in [0.29, 0.717) is 5.69 Å². The van der Waals surface area contributed by atoms with Gasteiger partial charge in [0.15, 0.2) is 0 Å². The second kappa shape index (κ2) is 7.25. The maximum atomic E-state index is 12.1. The van der Waals surface area contributed by atoms with Crippen LogP contribution in [0, 0.1) is 0 Å². The molecule has 0 aliphatic heterocycles. The van der Waals surface area contributed by atoms with Gasteiger partial charge in [0.05, 0.1) is 4.90 Å². The number of carbonyl (C=O) groups excluding carboxylic acids is 1. The molecule has 2 aromatic carbocycles. The fourth-order valence-electron chi connectivity index (χ4n) is 2.33. The van der Waals surface area contributed by atoms with Crippen molar-refractivity contribution in [3.63, 3.8) is 0 Å². The molecule has 0 aliphatic rings. The van der Waals surface area contributed by atoms with Gasteiger partial charge in [-0.15, -0.1) is 0 Å². The number of primary sulfonamides is 1. The van der Waals surface area contributed by atoms with Gasteiger partial charge in [0.25, 0.3) is 0 Å². The van der Waals surface area contributed by atoms with E-state index in [1.807, 2.05) is 51.1 Å². The smallest absolute Gasteiger partial charge is 0.411 e. The lowest BCUT2D eigenvalue weighted by molar-refractivity contribution is 0.155. The van der Waals surface area contributed by atoms with E-state index in [2.05, 4.69) is 5.32 Å². The number of carbonyl (C=O) groups is 1. The normalized spacial score (nSPS) is 11.8. The van der Waals surface area contributed by atoms with Crippen molar-refractivity contribution in [3.05, 3.63) is 59.7 Å². The van der Waals surface area contributed by atoms with Gasteiger partial charge >= 0.3 is 6.09 Å². The Morgan fingerprint density at radius 3 is 2.32 bits per heavy atom. The molecule has 0 saturated heterocycles. The minimum absolute atomic E-state index is 0.0705. The second-order valence-electron chi connectivity index (χ2n) is 6.69. The van der Waals surface area contributed by atoms with Crippen LogP contribution in [0.5, 0.6) is 0 Å². The van der Waals surface area contributed by atoms with Gasteiger partial charge in [-0.3, -0.25) is 5.32 Å². The van der Waals surface area contributed by atoms with E-state index in [1.165, 1.54) is 12.1 Å². The molecule has 0 unspecified atom stereocenters. The summed E-state index contributed by atoms with van der Waals surface area (Å²) in [7, 11) is -3.87. The molecule has 3 N–H and O–H groups in total. The first kappa shape index (κ1) is 19.0. The van der Waals surface area contributed by atoms with E-state index in [0.717, 1.165) is 11.1 Å². The maximum absolute atomic E-state index is 12.1. The number of sulfonamides is 1. The van der Waals surface area contributed by atoms with Crippen LogP contribution in [-0.4, -0.2) is 14.5 Å². The first-order chi connectivity index (χ1) is 11.6. The quantitative estimate of drug-likeness (QED) is 0.871. The standard InChI is InChI=1S/C18H22N2O4S/c1-18(2,3)15-10-9-14(25(19,22)23)11-16(15)20-17(21)24-12-13-7-5-4-6-8-13/h4-11H,12H2,1-3H3,(H,20,21)(H2,19,22,23). The highest BCUT2D eigenvalue weighted by Gasteiger charge is 2.22. The predicted octanol–water partition coefficient (Wildman–Crippen LogP) is 3.38. The van der Waals surface area contributed by atoms with Gasteiger partial charge in [-0.1, -0.05) is 57.2 Å². The number of hydrogen-bond acceptors (Lipinski definition) is 4. The van der Waals surface area contributed by atoms with Crippen molar-refractivity contribution in [3.8, 4) is 0 Å². The van der Waals surface area contributed by atoms with E-state index in [1.54, 1.807) is 6.07 Å². The second-order valence-corrected chi connectivity index (χ2v) is 8.25. The number of nitrogens with two attached hydrogens (primary N) is 1. The molecule has 0 aromatic heterocycles. The average Bonchev–Trinajstić information content (AvgIpc) is 2.52. The zero-order chi connectivity index (χ0) is 18.7. The van der Waals surface area contributed by atoms with Crippen molar-refractivity contribution in [1.82, 2.24) is 0 Å². The average molecular weight is 362 g/mol. The van der Waals surface area contributed by atoms with Crippen molar-refractivity contribution in [2.75, 3.05) is 5.32 Å². The summed E-state index contributed by atoms with van der Waals surface area (Å²) in [6.07, 6.45) is -0.666. The van der Waals surface area contributed by atoms with Gasteiger partial charge in [-0.25, -0.2) is 18.4 Å². The van der Waals surface area contributed by atoms with Crippen LogP contribution in [0.3, 0.4) is 0 Å². The summed E-state index contributed by atoms with van der Waals surface area (Å²) in [6, 6.07) is 13.7. The van der Waals surface area contributed by atoms with Crippen LogP contribution in [0.15, 0.2) is 53.4 Å². The zero-order valence-electron chi connectivity index (χ0n) is 14.4. The molecular formula is C18H22N2O4S. The molecule has 7 heteroatoms. The number of benzene rings is 2. The molecule has 6 nitrogen and oxygen atoms in total. The Hall–Kier alpha value is -2.38. The third-order valence-electron chi connectivity index (χ3n) is 3.58. The van der Waals surface area contributed by atoms with E-state index >= 15 is 0 Å². The van der Waals surface area contributed by atoms with Gasteiger partial charge in [-0.05, 0) is 28.7 Å². The molecule has 0 saturated carbocycles. The third-order valence-corrected chi connectivity index (χ3v) is 4.49. The third kappa shape index (κ3) is 5.30. The topological polar surface area (TPSA) is 98.5 Å². The molecule has 0 aliphatic carbocycles. The van der Waals surface area contributed by atoms with Crippen LogP contribution in [0.2, 0.25) is 0 Å². The summed E-state index contributed by atoms with van der Waals surface area (Å²) >= 11 is 0. The predicted molar refractivity (Wildman–Crippen MR) is 96.8 cm³/mol. The highest BCUT2D eigenvalue weighted by molar-refractivity contribution is 7.89. The fourth-order valence-corrected chi connectivity index (χ4v) is 2.87. The van der Waals surface area contributed by atoms with E-state index < -0.39 is 16.1 Å². The van der Waals surface area contributed by atoms with Crippen LogP contribution < -0.4 is 10.5 Å². The lowest BCUT2D eigenvalue weighted by Gasteiger charge is -2.23. The van der Waals surface area contributed by atoms with Crippen molar-refractivity contribution >= 4 is 21.8 Å². The lowest BCUT2D eigenvalue weighted by Crippen LogP contribution is -2.21. The molecule has 0 fully saturated rings. The number of nitrogens with one attached hydrogen (secondary N) is 1. The van der Waals surface area contributed by atoms with Crippen molar-refractivity contribution in [1.29, 1.82) is 0 Å². The number of amides is 1. The van der Waals surface area contributed by atoms with Crippen molar-refractivity contribution in [2.45, 2.75) is 37.7 Å². The van der Waals surface area contributed by atoms with Crippen LogP contribution in [-0.2, 0) is 26.8 Å². The number of rotatable bonds is 4. The molecule has 0 atom stereocenters. The molecule has 134 valence electrons. The molecule has 0 bridgehead atoms. The highest BCUT2D eigenvalue weighted by Crippen LogP contribution is 2.31. The SMILES string of the molecule is CC(C)(C)c1ccc(S(N)(=O)=O)cc1NC(=O)OCc1ccccc1. The van der Waals surface area contributed by atoms with Gasteiger partial charge < -0.3 is 4.74 Å². The molecule has 25 heavy (non-hydrogen) atoms. The van der Waals surface area contributed by atoms with E-state index in [-0.39, 0.29) is 16.9 Å². The zero-order valence-corrected chi connectivity index (χ0v) is 15.3. The first-order valence-corrected chi connectivity index (χ1v) is 9.27. The van der Waals surface area contributed by atoms with Crippen LogP contribution in [0.25, 0.3) is 0 Å². The summed E-state index contributed by atoms with van der Waals surface area (Å²) in [5.41, 5.74) is 1.68. The molecule has 0 spiro atoms. The number of hydrogen-bond donors (Lipinski definition) is 2. The Morgan fingerprint density at radius 2 is 1.76 bits per heavy atom. The molecular weight excluding hydrogens is 340 g/mol. The van der Waals surface area contributed by atoms with Crippen LogP contribution in [0.4, 0.5) is 10.5 Å². The van der Waals surface area contributed by atoms with Gasteiger partial charge in [0, 0.05) is 5.69 Å². The van der Waals surface area contributed by atoms with Crippen molar-refractivity contribution in [2.24, 2.45) is 5.14 Å². The Morgan fingerprint density at radius 1 is 1.12 bits per heavy atom. The monoisotopic (exact) mass is 362 g/mol. The molecule has 0 radical (unpaired) electrons. The summed E-state index contributed by atoms with van der Waals surface area (Å²) in [5, 5.41) is 7.80. The molecule has 2 aromatic rings. The Bertz CT molecular complexity index is 856. The minimum atomic E-state index is -3.87. The van der Waals surface area contributed by atoms with Crippen LogP contribution in [0.1, 0.15) is 31.9 Å². The number of ether oxygens (including phenoxy) is 1. The lowest BCUT2D eigenvalue weighted by atomic mass is 9.86. The highest BCUT2D eigenvalue weighted by atomic mass is 32.2. The van der Waals surface area contributed by atoms with Crippen molar-refractivity contribution < 1.29 is 17.9 Å². The summed E-state index contributed by atoms with van der Waals surface area (Å²) in [5.74, 6) is 0. The van der Waals surface area contributed by atoms with Gasteiger partial charge in [0.2, 0.25) is 10.0 Å². The maximum Gasteiger partial charge on any atom is 0.411 e. The molecule has 0 heterocycles. The largest absolute Gasteiger partial charge is 0.444 e. The first-order valence-electron chi connectivity index (χ1n) is 7.72. The summed E-state index contributed by atoms with van der Waals surface area (Å²) < 4.78 is 28.3. The Balaban J connectivity index is 2.22. The summed E-state index contributed by atoms with van der Waals surface area (Å²) in [4.78, 5) is 12.0. The molecule has 1 amide bonds. The Kier molecular flexibility index (Phi) is 5.49. The van der Waals surface area contributed by atoms with Crippen LogP contribution >= 0.6 is 0 Å². The fraction of sp³-hybridized carbons (Fsp3) is 0.278. The minimum Gasteiger partial charge on any atom is -0.444 e. The molecule has 2 rings (SSSR count). The van der Waals surface area contributed by atoms with E-state index in [9.17, 15) is 13.2 Å².